The molecular weight excluding hydrogens is 490 g/mol. The molecule has 0 fully saturated rings. The van der Waals surface area contributed by atoms with Gasteiger partial charge in [-0.25, -0.2) is 13.8 Å². The van der Waals surface area contributed by atoms with Crippen molar-refractivity contribution in [1.82, 2.24) is 14.9 Å². The number of halogens is 2. The number of aromatic nitrogens is 3. The fraction of sp³-hybridized carbons (Fsp3) is 0.500. The molecule has 0 radical (unpaired) electrons. The number of carbonyl (C=O) groups excluding carboxylic acids is 1. The summed E-state index contributed by atoms with van der Waals surface area (Å²) in [5.74, 6) is 1.27. The Hall–Kier alpha value is -3.40. The highest BCUT2D eigenvalue weighted by Gasteiger charge is 2.24. The number of carbonyl (C=O) groups is 1. The molecule has 1 aliphatic rings. The van der Waals surface area contributed by atoms with E-state index in [0.717, 1.165) is 54.9 Å². The Morgan fingerprint density at radius 3 is 2.79 bits per heavy atom. The molecule has 0 aliphatic carbocycles. The second-order valence-electron chi connectivity index (χ2n) is 9.87. The summed E-state index contributed by atoms with van der Waals surface area (Å²) in [4.78, 5) is 23.4. The molecule has 2 aromatic heterocycles. The molecule has 3 heterocycles. The summed E-state index contributed by atoms with van der Waals surface area (Å²) >= 11 is 0. The van der Waals surface area contributed by atoms with Gasteiger partial charge in [0.1, 0.15) is 11.9 Å². The van der Waals surface area contributed by atoms with Crippen LogP contribution in [0.3, 0.4) is 0 Å². The average Bonchev–Trinajstić information content (AvgIpc) is 2.92. The van der Waals surface area contributed by atoms with E-state index in [9.17, 15) is 18.8 Å². The van der Waals surface area contributed by atoms with Crippen LogP contribution in [0.4, 0.5) is 20.4 Å². The van der Waals surface area contributed by atoms with E-state index < -0.39 is 12.5 Å². The van der Waals surface area contributed by atoms with Crippen LogP contribution in [-0.4, -0.2) is 64.5 Å². The molecular formula is C28H37F2N6O2+. The second-order valence-corrected chi connectivity index (χ2v) is 9.87. The van der Waals surface area contributed by atoms with Gasteiger partial charge in [-0.2, -0.15) is 0 Å². The molecule has 3 aromatic rings. The van der Waals surface area contributed by atoms with E-state index in [1.54, 1.807) is 0 Å². The van der Waals surface area contributed by atoms with Crippen molar-refractivity contribution in [3.63, 3.8) is 0 Å². The van der Waals surface area contributed by atoms with Crippen LogP contribution in [0.15, 0.2) is 42.7 Å². The first-order chi connectivity index (χ1) is 18.4. The summed E-state index contributed by atoms with van der Waals surface area (Å²) in [6.07, 6.45) is 3.89. The normalized spacial score (nSPS) is 13.9. The maximum Gasteiger partial charge on any atom is 0.271 e. The Morgan fingerprint density at radius 1 is 1.16 bits per heavy atom. The molecule has 0 bridgehead atoms. The lowest BCUT2D eigenvalue weighted by atomic mass is 10.1. The molecule has 204 valence electrons. The lowest BCUT2D eigenvalue weighted by Gasteiger charge is -2.24. The van der Waals surface area contributed by atoms with E-state index in [4.69, 9.17) is 4.98 Å². The van der Waals surface area contributed by atoms with Gasteiger partial charge in [0, 0.05) is 38.2 Å². The van der Waals surface area contributed by atoms with Crippen molar-refractivity contribution in [2.24, 2.45) is 0 Å². The van der Waals surface area contributed by atoms with E-state index >= 15 is 0 Å². The number of hydrogen-bond acceptors (Lipinski definition) is 7. The Kier molecular flexibility index (Phi) is 9.75. The molecule has 8 nitrogen and oxygen atoms in total. The number of Topliss-reactive ketones (excluding diaryl/α,β-unsaturated/α-hetero) is 1. The van der Waals surface area contributed by atoms with Crippen molar-refractivity contribution in [3.8, 4) is 0 Å². The van der Waals surface area contributed by atoms with Crippen LogP contribution in [0, 0.1) is 0 Å². The van der Waals surface area contributed by atoms with Crippen LogP contribution < -0.4 is 15.4 Å². The van der Waals surface area contributed by atoms with Crippen molar-refractivity contribution in [3.05, 3.63) is 54.0 Å². The van der Waals surface area contributed by atoms with E-state index in [0.29, 0.717) is 36.2 Å². The molecule has 1 aliphatic heterocycles. The van der Waals surface area contributed by atoms with Crippen molar-refractivity contribution >= 4 is 28.3 Å². The molecule has 38 heavy (non-hydrogen) atoms. The van der Waals surface area contributed by atoms with E-state index in [1.165, 1.54) is 18.8 Å². The first-order valence-corrected chi connectivity index (χ1v) is 13.4. The van der Waals surface area contributed by atoms with Crippen molar-refractivity contribution in [2.45, 2.75) is 64.3 Å². The number of hydrogen-bond donors (Lipinski definition) is 3. The molecule has 4 rings (SSSR count). The number of unbranched alkanes of at least 4 members (excludes halogenated alkanes) is 1. The Balaban J connectivity index is 1.33. The number of anilines is 2. The first-order valence-electron chi connectivity index (χ1n) is 13.4. The maximum atomic E-state index is 13.0. The molecule has 0 spiro atoms. The SMILES string of the molecule is CC(=O)[C@H](CCN(CCCCc1ccc2c(n1)NCCC2)CCC(F)F)Nc1c2ccccc2nc[n+]1O. The number of alkyl halides is 2. The van der Waals surface area contributed by atoms with Crippen LogP contribution in [0.2, 0.25) is 0 Å². The number of benzene rings is 1. The van der Waals surface area contributed by atoms with E-state index in [-0.39, 0.29) is 18.7 Å². The van der Waals surface area contributed by atoms with Gasteiger partial charge in [-0.1, -0.05) is 22.9 Å². The predicted molar refractivity (Wildman–Crippen MR) is 143 cm³/mol. The standard InChI is InChI=1S/C28H36F2N6O2/c1-20(37)24(34-28-23-9-2-3-10-25(23)32-19-36(28)38)13-17-35(18-14-26(29)30)16-5-4-8-22-12-11-21-7-6-15-31-27(21)33-22/h2-3,9-12,19,24,26,38H,4-8,13-18H2,1H3,(H,31,33)/p+1/t24-/m0/s1. The van der Waals surface area contributed by atoms with Crippen LogP contribution in [0.5, 0.6) is 0 Å². The highest BCUT2D eigenvalue weighted by atomic mass is 19.3. The zero-order valence-electron chi connectivity index (χ0n) is 21.9. The van der Waals surface area contributed by atoms with Gasteiger partial charge in [0.05, 0.1) is 5.39 Å². The van der Waals surface area contributed by atoms with Crippen molar-refractivity contribution in [2.75, 3.05) is 36.8 Å². The number of nitrogens with one attached hydrogen (secondary N) is 2. The minimum atomic E-state index is -2.37. The lowest BCUT2D eigenvalue weighted by molar-refractivity contribution is -0.894. The summed E-state index contributed by atoms with van der Waals surface area (Å²) < 4.78 is 26.9. The number of para-hydroxylation sites is 1. The van der Waals surface area contributed by atoms with Gasteiger partial charge < -0.3 is 15.4 Å². The molecule has 0 saturated heterocycles. The second kappa shape index (κ2) is 13.4. The van der Waals surface area contributed by atoms with E-state index in [2.05, 4.69) is 27.8 Å². The molecule has 3 N–H and O–H groups in total. The maximum absolute atomic E-state index is 13.0. The third kappa shape index (κ3) is 7.56. The Bertz CT molecular complexity index is 1230. The van der Waals surface area contributed by atoms with Crippen LogP contribution in [0.1, 0.15) is 50.3 Å². The van der Waals surface area contributed by atoms with E-state index in [1.807, 2.05) is 29.2 Å². The topological polar surface area (TPSA) is 94.3 Å². The van der Waals surface area contributed by atoms with Crippen molar-refractivity contribution < 1.29 is 23.5 Å². The fourth-order valence-corrected chi connectivity index (χ4v) is 4.85. The van der Waals surface area contributed by atoms with Gasteiger partial charge >= 0.3 is 0 Å². The molecule has 10 heteroatoms. The number of rotatable bonds is 14. The number of fused-ring (bicyclic) bond motifs is 2. The van der Waals surface area contributed by atoms with Crippen LogP contribution >= 0.6 is 0 Å². The van der Waals surface area contributed by atoms with Gasteiger partial charge in [-0.05, 0) is 69.3 Å². The van der Waals surface area contributed by atoms with Gasteiger partial charge in [-0.3, -0.25) is 10.1 Å². The highest BCUT2D eigenvalue weighted by Crippen LogP contribution is 2.21. The Morgan fingerprint density at radius 2 is 1.97 bits per heavy atom. The lowest BCUT2D eigenvalue weighted by Crippen LogP contribution is -2.41. The first kappa shape index (κ1) is 27.6. The average molecular weight is 528 g/mol. The summed E-state index contributed by atoms with van der Waals surface area (Å²) in [5.41, 5.74) is 2.99. The molecule has 0 amide bonds. The summed E-state index contributed by atoms with van der Waals surface area (Å²) in [5, 5.41) is 17.5. The zero-order valence-corrected chi connectivity index (χ0v) is 21.9. The van der Waals surface area contributed by atoms with Crippen LogP contribution in [0.25, 0.3) is 10.9 Å². The van der Waals surface area contributed by atoms with Crippen LogP contribution in [-0.2, 0) is 17.6 Å². The third-order valence-electron chi connectivity index (χ3n) is 7.00. The van der Waals surface area contributed by atoms with Crippen molar-refractivity contribution in [1.29, 1.82) is 0 Å². The summed E-state index contributed by atoms with van der Waals surface area (Å²) in [6.45, 7) is 3.86. The molecule has 1 atom stereocenters. The van der Waals surface area contributed by atoms with Gasteiger partial charge in [0.2, 0.25) is 6.43 Å². The zero-order chi connectivity index (χ0) is 26.9. The number of aryl methyl sites for hydroxylation is 2. The summed E-state index contributed by atoms with van der Waals surface area (Å²) in [7, 11) is 0. The number of pyridine rings is 1. The van der Waals surface area contributed by atoms with Gasteiger partial charge in [-0.15, -0.1) is 4.98 Å². The predicted octanol–water partition coefficient (Wildman–Crippen LogP) is 4.25. The fourth-order valence-electron chi connectivity index (χ4n) is 4.85. The smallest absolute Gasteiger partial charge is 0.271 e. The number of nitrogens with zero attached hydrogens (tertiary/aromatic N) is 4. The third-order valence-corrected chi connectivity index (χ3v) is 7.00. The molecule has 0 unspecified atom stereocenters. The molecule has 1 aromatic carbocycles. The Labute approximate surface area is 222 Å². The minimum Gasteiger partial charge on any atom is -0.371 e. The summed E-state index contributed by atoms with van der Waals surface area (Å²) in [6, 6.07) is 11.0. The minimum absolute atomic E-state index is 0.0909. The largest absolute Gasteiger partial charge is 0.371 e. The number of ketones is 1. The quantitative estimate of drug-likeness (QED) is 0.164. The molecule has 0 saturated carbocycles. The van der Waals surface area contributed by atoms with Gasteiger partial charge in [0.25, 0.3) is 12.1 Å². The highest BCUT2D eigenvalue weighted by molar-refractivity contribution is 5.90. The van der Waals surface area contributed by atoms with Gasteiger partial charge in [0.15, 0.2) is 11.3 Å². The monoisotopic (exact) mass is 527 g/mol.